The van der Waals surface area contributed by atoms with E-state index in [2.05, 4.69) is 21.9 Å². The highest BCUT2D eigenvalue weighted by Gasteiger charge is 2.32. The first-order chi connectivity index (χ1) is 13.0. The SMILES string of the molecule is Cc1nn(C)c2c1N(C(=O)CN1CCN(C)CC1)c1ccccc1CN2[O-]. The topological polar surface area (TPSA) is 70.9 Å². The minimum Gasteiger partial charge on any atom is -0.757 e. The van der Waals surface area contributed by atoms with Crippen LogP contribution in [0.2, 0.25) is 0 Å². The number of carbonyl (C=O) groups excluding carboxylic acids is 1. The molecule has 27 heavy (non-hydrogen) atoms. The Bertz CT molecular complexity index is 856. The molecular weight excluding hydrogens is 344 g/mol. The van der Waals surface area contributed by atoms with E-state index in [0.717, 1.165) is 42.5 Å². The molecule has 0 spiro atoms. The van der Waals surface area contributed by atoms with Crippen molar-refractivity contribution in [1.29, 1.82) is 0 Å². The quantitative estimate of drug-likeness (QED) is 0.798. The lowest BCUT2D eigenvalue weighted by molar-refractivity contribution is -0.119. The molecule has 2 aliphatic rings. The number of carbonyl (C=O) groups is 1. The van der Waals surface area contributed by atoms with Crippen molar-refractivity contribution in [2.45, 2.75) is 13.5 Å². The van der Waals surface area contributed by atoms with E-state index < -0.39 is 0 Å². The number of piperazine rings is 1. The third-order valence-corrected chi connectivity index (χ3v) is 5.37. The minimum atomic E-state index is -0.0281. The predicted octanol–water partition coefficient (Wildman–Crippen LogP) is 1.46. The van der Waals surface area contributed by atoms with Gasteiger partial charge in [0.2, 0.25) is 5.91 Å². The molecule has 8 nitrogen and oxygen atoms in total. The number of amides is 1. The number of aryl methyl sites for hydroxylation is 2. The maximum atomic E-state index is 13.4. The fourth-order valence-electron chi connectivity index (χ4n) is 3.92. The highest BCUT2D eigenvalue weighted by atomic mass is 16.5. The molecule has 4 rings (SSSR count). The molecule has 0 bridgehead atoms. The largest absolute Gasteiger partial charge is 0.757 e. The number of fused-ring (bicyclic) bond motifs is 2. The number of likely N-dealkylation sites (N-methyl/N-ethyl adjacent to an activating group) is 1. The van der Waals surface area contributed by atoms with Gasteiger partial charge in [-0.1, -0.05) is 18.2 Å². The predicted molar refractivity (Wildman–Crippen MR) is 105 cm³/mol. The third kappa shape index (κ3) is 3.20. The first kappa shape index (κ1) is 18.0. The molecule has 2 aromatic rings. The summed E-state index contributed by atoms with van der Waals surface area (Å²) in [7, 11) is 3.84. The van der Waals surface area contributed by atoms with Crippen molar-refractivity contribution in [1.82, 2.24) is 19.6 Å². The van der Waals surface area contributed by atoms with Gasteiger partial charge >= 0.3 is 0 Å². The molecule has 0 unspecified atom stereocenters. The van der Waals surface area contributed by atoms with Crippen LogP contribution in [0.25, 0.3) is 0 Å². The van der Waals surface area contributed by atoms with Crippen molar-refractivity contribution >= 4 is 23.1 Å². The van der Waals surface area contributed by atoms with Gasteiger partial charge in [0.05, 0.1) is 17.9 Å². The maximum absolute atomic E-state index is 13.4. The third-order valence-electron chi connectivity index (χ3n) is 5.37. The summed E-state index contributed by atoms with van der Waals surface area (Å²) in [5, 5.41) is 18.1. The summed E-state index contributed by atoms with van der Waals surface area (Å²) in [5.74, 6) is 0.398. The van der Waals surface area contributed by atoms with Crippen LogP contribution in [0.3, 0.4) is 0 Å². The number of benzene rings is 1. The Hall–Kier alpha value is -2.42. The molecule has 0 atom stereocenters. The lowest BCUT2D eigenvalue weighted by Crippen LogP contribution is -2.48. The number of aromatic nitrogens is 2. The highest BCUT2D eigenvalue weighted by molar-refractivity contribution is 6.06. The fourth-order valence-corrected chi connectivity index (χ4v) is 3.92. The second-order valence-corrected chi connectivity index (χ2v) is 7.36. The Kier molecular flexibility index (Phi) is 4.63. The van der Waals surface area contributed by atoms with Gasteiger partial charge in [-0.15, -0.1) is 0 Å². The number of rotatable bonds is 2. The average molecular weight is 369 g/mol. The summed E-state index contributed by atoms with van der Waals surface area (Å²) in [6.07, 6.45) is 0. The Morgan fingerprint density at radius 2 is 1.85 bits per heavy atom. The molecule has 8 heteroatoms. The van der Waals surface area contributed by atoms with Crippen molar-refractivity contribution < 1.29 is 4.79 Å². The Balaban J connectivity index is 1.74. The number of para-hydroxylation sites is 1. The van der Waals surface area contributed by atoms with E-state index in [1.807, 2.05) is 31.2 Å². The van der Waals surface area contributed by atoms with Crippen LogP contribution >= 0.6 is 0 Å². The number of hydrogen-bond donors (Lipinski definition) is 0. The molecule has 144 valence electrons. The molecule has 2 aliphatic heterocycles. The van der Waals surface area contributed by atoms with Crippen LogP contribution in [0.5, 0.6) is 0 Å². The van der Waals surface area contributed by atoms with Crippen LogP contribution < -0.4 is 9.96 Å². The average Bonchev–Trinajstić information content (AvgIpc) is 2.84. The van der Waals surface area contributed by atoms with E-state index in [0.29, 0.717) is 23.7 Å². The van der Waals surface area contributed by atoms with E-state index in [9.17, 15) is 10.0 Å². The number of hydroxylamine groups is 1. The van der Waals surface area contributed by atoms with Crippen molar-refractivity contribution in [2.75, 3.05) is 49.7 Å². The van der Waals surface area contributed by atoms with Gasteiger partial charge in [-0.2, -0.15) is 5.10 Å². The normalized spacial score (nSPS) is 18.2. The number of hydrogen-bond acceptors (Lipinski definition) is 6. The van der Waals surface area contributed by atoms with Gasteiger partial charge < -0.3 is 15.2 Å². The van der Waals surface area contributed by atoms with Gasteiger partial charge in [-0.3, -0.25) is 19.3 Å². The summed E-state index contributed by atoms with van der Waals surface area (Å²) in [5.41, 5.74) is 2.88. The lowest BCUT2D eigenvalue weighted by Gasteiger charge is -2.33. The van der Waals surface area contributed by atoms with Crippen LogP contribution in [0.15, 0.2) is 24.3 Å². The molecule has 1 fully saturated rings. The first-order valence-corrected chi connectivity index (χ1v) is 9.25. The standard InChI is InChI=1S/C19H25N6O2/c1-14-18-19(22(3)20-14)24(27)12-15-6-4-5-7-16(15)25(18)17(26)13-23-10-8-21(2)9-11-23/h4-7H,8-13H2,1-3H3/q-1. The lowest BCUT2D eigenvalue weighted by atomic mass is 10.1. The van der Waals surface area contributed by atoms with Crippen molar-refractivity contribution in [2.24, 2.45) is 7.05 Å². The van der Waals surface area contributed by atoms with Gasteiger partial charge in [-0.25, -0.2) is 0 Å². The van der Waals surface area contributed by atoms with E-state index >= 15 is 0 Å². The molecule has 1 saturated heterocycles. The summed E-state index contributed by atoms with van der Waals surface area (Å²) < 4.78 is 1.57. The zero-order chi connectivity index (χ0) is 19.1. The molecule has 1 aromatic carbocycles. The summed E-state index contributed by atoms with van der Waals surface area (Å²) in [6, 6.07) is 7.62. The zero-order valence-corrected chi connectivity index (χ0v) is 16.1. The van der Waals surface area contributed by atoms with Crippen LogP contribution in [0, 0.1) is 12.1 Å². The zero-order valence-electron chi connectivity index (χ0n) is 16.1. The van der Waals surface area contributed by atoms with E-state index in [1.54, 1.807) is 16.6 Å². The molecule has 0 saturated carbocycles. The van der Waals surface area contributed by atoms with Crippen LogP contribution in [-0.4, -0.2) is 65.3 Å². The van der Waals surface area contributed by atoms with Crippen molar-refractivity contribution in [3.05, 3.63) is 40.7 Å². The second-order valence-electron chi connectivity index (χ2n) is 7.36. The van der Waals surface area contributed by atoms with Gasteiger partial charge in [0.25, 0.3) is 0 Å². The summed E-state index contributed by atoms with van der Waals surface area (Å²) in [4.78, 5) is 19.5. The smallest absolute Gasteiger partial charge is 0.245 e. The number of anilines is 3. The van der Waals surface area contributed by atoms with Gasteiger partial charge in [0, 0.05) is 39.8 Å². The first-order valence-electron chi connectivity index (χ1n) is 9.25. The van der Waals surface area contributed by atoms with Crippen LogP contribution in [0.4, 0.5) is 17.2 Å². The van der Waals surface area contributed by atoms with E-state index in [-0.39, 0.29) is 12.5 Å². The molecule has 3 heterocycles. The van der Waals surface area contributed by atoms with Crippen LogP contribution in [0.1, 0.15) is 11.3 Å². The van der Waals surface area contributed by atoms with Gasteiger partial charge in [0.15, 0.2) is 0 Å². The fraction of sp³-hybridized carbons (Fsp3) is 0.474. The number of nitrogens with zero attached hydrogens (tertiary/aromatic N) is 6. The maximum Gasteiger partial charge on any atom is 0.245 e. The molecular formula is C19H25N6O2-. The van der Waals surface area contributed by atoms with Gasteiger partial charge in [0.1, 0.15) is 11.5 Å². The second kappa shape index (κ2) is 6.95. The van der Waals surface area contributed by atoms with Gasteiger partial charge in [-0.05, 0) is 25.6 Å². The summed E-state index contributed by atoms with van der Waals surface area (Å²) in [6.45, 7) is 6.01. The molecule has 0 aliphatic carbocycles. The Labute approximate surface area is 159 Å². The van der Waals surface area contributed by atoms with Crippen LogP contribution in [-0.2, 0) is 18.4 Å². The highest BCUT2D eigenvalue weighted by Crippen LogP contribution is 2.42. The molecule has 0 radical (unpaired) electrons. The molecule has 0 N–H and O–H groups in total. The minimum absolute atomic E-state index is 0.0281. The van der Waals surface area contributed by atoms with Crippen molar-refractivity contribution in [3.8, 4) is 0 Å². The van der Waals surface area contributed by atoms with E-state index in [1.165, 1.54) is 0 Å². The Morgan fingerprint density at radius 3 is 2.59 bits per heavy atom. The summed E-state index contributed by atoms with van der Waals surface area (Å²) >= 11 is 0. The molecule has 1 amide bonds. The molecule has 1 aromatic heterocycles. The van der Waals surface area contributed by atoms with E-state index in [4.69, 9.17) is 0 Å². The monoisotopic (exact) mass is 369 g/mol. The Morgan fingerprint density at radius 1 is 1.15 bits per heavy atom. The van der Waals surface area contributed by atoms with Crippen molar-refractivity contribution in [3.63, 3.8) is 0 Å².